The van der Waals surface area contributed by atoms with E-state index in [2.05, 4.69) is 34.1 Å². The molecule has 2 atom stereocenters. The van der Waals surface area contributed by atoms with E-state index in [9.17, 15) is 5.11 Å². The molecule has 0 saturated carbocycles. The molecular weight excluding hydrogens is 248 g/mol. The lowest BCUT2D eigenvalue weighted by Gasteiger charge is -2.42. The highest BCUT2D eigenvalue weighted by atomic mass is 16.3. The number of aliphatic hydroxyl groups excluding tert-OH is 1. The third-order valence-electron chi connectivity index (χ3n) is 5.19. The van der Waals surface area contributed by atoms with E-state index in [4.69, 9.17) is 0 Å². The molecule has 2 aliphatic rings. The van der Waals surface area contributed by atoms with E-state index in [1.54, 1.807) is 0 Å². The van der Waals surface area contributed by atoms with Gasteiger partial charge in [0.1, 0.15) is 0 Å². The molecule has 20 heavy (non-hydrogen) atoms. The van der Waals surface area contributed by atoms with Gasteiger partial charge < -0.3 is 10.1 Å². The number of para-hydroxylation sites is 1. The highest BCUT2D eigenvalue weighted by Gasteiger charge is 2.35. The van der Waals surface area contributed by atoms with Gasteiger partial charge in [-0.05, 0) is 49.8 Å². The predicted octanol–water partition coefficient (Wildman–Crippen LogP) is 2.86. The maximum absolute atomic E-state index is 9.20. The summed E-state index contributed by atoms with van der Waals surface area (Å²) >= 11 is 0. The molecule has 0 spiro atoms. The molecule has 0 bridgehead atoms. The lowest BCUT2D eigenvalue weighted by atomic mass is 9.83. The molecular formula is C17H22N2O. The molecule has 2 aromatic rings. The van der Waals surface area contributed by atoms with Crippen LogP contribution in [0.15, 0.2) is 24.3 Å². The van der Waals surface area contributed by atoms with E-state index in [1.807, 2.05) is 0 Å². The van der Waals surface area contributed by atoms with E-state index < -0.39 is 0 Å². The van der Waals surface area contributed by atoms with Crippen molar-refractivity contribution in [3.05, 3.63) is 35.5 Å². The van der Waals surface area contributed by atoms with E-state index in [-0.39, 0.29) is 0 Å². The van der Waals surface area contributed by atoms with Crippen LogP contribution < -0.4 is 0 Å². The Morgan fingerprint density at radius 1 is 1.25 bits per heavy atom. The van der Waals surface area contributed by atoms with Gasteiger partial charge in [-0.2, -0.15) is 0 Å². The van der Waals surface area contributed by atoms with Crippen LogP contribution in [-0.4, -0.2) is 34.7 Å². The van der Waals surface area contributed by atoms with Crippen LogP contribution in [0.3, 0.4) is 0 Å². The molecule has 0 aliphatic carbocycles. The molecule has 4 rings (SSSR count). The third-order valence-corrected chi connectivity index (χ3v) is 5.19. The van der Waals surface area contributed by atoms with Crippen LogP contribution in [0, 0.1) is 5.92 Å². The van der Waals surface area contributed by atoms with Gasteiger partial charge in [-0.15, -0.1) is 0 Å². The van der Waals surface area contributed by atoms with Gasteiger partial charge in [0.05, 0.1) is 6.04 Å². The van der Waals surface area contributed by atoms with Gasteiger partial charge in [-0.25, -0.2) is 0 Å². The zero-order valence-electron chi connectivity index (χ0n) is 11.8. The molecule has 2 aliphatic heterocycles. The monoisotopic (exact) mass is 270 g/mol. The lowest BCUT2D eigenvalue weighted by molar-refractivity contribution is 0.0888. The second-order valence-corrected chi connectivity index (χ2v) is 6.27. The first-order valence-corrected chi connectivity index (χ1v) is 7.81. The summed E-state index contributed by atoms with van der Waals surface area (Å²) in [5.41, 5.74) is 4.26. The molecule has 0 unspecified atom stereocenters. The van der Waals surface area contributed by atoms with Crippen molar-refractivity contribution in [2.75, 3.05) is 19.7 Å². The zero-order valence-corrected chi connectivity index (χ0v) is 11.8. The van der Waals surface area contributed by atoms with Gasteiger partial charge in [0, 0.05) is 29.7 Å². The number of aromatic amines is 1. The second kappa shape index (κ2) is 4.90. The maximum Gasteiger partial charge on any atom is 0.0504 e. The van der Waals surface area contributed by atoms with Gasteiger partial charge in [-0.1, -0.05) is 18.2 Å². The molecule has 1 saturated heterocycles. The molecule has 3 heteroatoms. The molecule has 3 nitrogen and oxygen atoms in total. The second-order valence-electron chi connectivity index (χ2n) is 6.27. The molecule has 1 fully saturated rings. The van der Waals surface area contributed by atoms with Crippen LogP contribution in [0.5, 0.6) is 0 Å². The average molecular weight is 270 g/mol. The summed E-state index contributed by atoms with van der Waals surface area (Å²) in [5, 5.41) is 10.6. The number of rotatable bonds is 2. The van der Waals surface area contributed by atoms with Crippen molar-refractivity contribution >= 4 is 10.9 Å². The molecule has 1 aromatic carbocycles. The molecule has 3 heterocycles. The number of benzene rings is 1. The molecule has 0 radical (unpaired) electrons. The summed E-state index contributed by atoms with van der Waals surface area (Å²) < 4.78 is 0. The summed E-state index contributed by atoms with van der Waals surface area (Å²) in [6.45, 7) is 2.70. The van der Waals surface area contributed by atoms with E-state index in [1.165, 1.54) is 54.5 Å². The summed E-state index contributed by atoms with van der Waals surface area (Å²) in [7, 11) is 0. The maximum atomic E-state index is 9.20. The normalized spacial score (nSPS) is 26.4. The first kappa shape index (κ1) is 12.4. The van der Waals surface area contributed by atoms with E-state index >= 15 is 0 Å². The fourth-order valence-electron chi connectivity index (χ4n) is 4.13. The summed E-state index contributed by atoms with van der Waals surface area (Å²) in [4.78, 5) is 6.30. The van der Waals surface area contributed by atoms with Crippen LogP contribution in [0.1, 0.15) is 36.6 Å². The van der Waals surface area contributed by atoms with E-state index in [0.717, 1.165) is 6.42 Å². The first-order valence-electron chi connectivity index (χ1n) is 7.81. The fraction of sp³-hybridized carbons (Fsp3) is 0.529. The van der Waals surface area contributed by atoms with E-state index in [0.29, 0.717) is 18.6 Å². The Bertz CT molecular complexity index is 618. The van der Waals surface area contributed by atoms with Gasteiger partial charge in [0.2, 0.25) is 0 Å². The average Bonchev–Trinajstić information content (AvgIpc) is 2.87. The summed E-state index contributed by atoms with van der Waals surface area (Å²) in [6.07, 6.45) is 4.56. The topological polar surface area (TPSA) is 39.3 Å². The Kier molecular flexibility index (Phi) is 3.04. The number of aliphatic hydroxyl groups is 1. The number of aromatic nitrogens is 1. The number of nitrogens with zero attached hydrogens (tertiary/aromatic N) is 1. The van der Waals surface area contributed by atoms with Crippen molar-refractivity contribution in [1.82, 2.24) is 9.88 Å². The Balaban J connectivity index is 1.73. The third kappa shape index (κ3) is 1.88. The lowest BCUT2D eigenvalue weighted by Crippen LogP contribution is -2.41. The zero-order chi connectivity index (χ0) is 13.5. The number of piperidine rings is 1. The highest BCUT2D eigenvalue weighted by molar-refractivity contribution is 5.85. The van der Waals surface area contributed by atoms with Crippen molar-refractivity contribution in [3.8, 4) is 0 Å². The number of hydrogen-bond donors (Lipinski definition) is 2. The Morgan fingerprint density at radius 3 is 3.05 bits per heavy atom. The van der Waals surface area contributed by atoms with Gasteiger partial charge in [0.15, 0.2) is 0 Å². The largest absolute Gasteiger partial charge is 0.396 e. The molecule has 2 N–H and O–H groups in total. The molecule has 1 aromatic heterocycles. The smallest absolute Gasteiger partial charge is 0.0504 e. The van der Waals surface area contributed by atoms with Crippen molar-refractivity contribution in [2.24, 2.45) is 5.92 Å². The Labute approximate surface area is 119 Å². The van der Waals surface area contributed by atoms with Crippen molar-refractivity contribution in [1.29, 1.82) is 0 Å². The fourth-order valence-corrected chi connectivity index (χ4v) is 4.13. The molecule has 0 amide bonds. The minimum Gasteiger partial charge on any atom is -0.396 e. The van der Waals surface area contributed by atoms with Crippen LogP contribution in [0.25, 0.3) is 10.9 Å². The van der Waals surface area contributed by atoms with Crippen molar-refractivity contribution < 1.29 is 5.11 Å². The van der Waals surface area contributed by atoms with Crippen molar-refractivity contribution in [3.63, 3.8) is 0 Å². The number of nitrogens with one attached hydrogen (secondary N) is 1. The van der Waals surface area contributed by atoms with Gasteiger partial charge in [0.25, 0.3) is 0 Å². The van der Waals surface area contributed by atoms with Gasteiger partial charge in [-0.3, -0.25) is 4.90 Å². The predicted molar refractivity (Wildman–Crippen MR) is 80.7 cm³/mol. The number of H-pyrrole nitrogens is 1. The molecule has 106 valence electrons. The quantitative estimate of drug-likeness (QED) is 0.881. The van der Waals surface area contributed by atoms with Crippen LogP contribution >= 0.6 is 0 Å². The number of fused-ring (bicyclic) bond motifs is 5. The SMILES string of the molecule is OCC[C@H]1CCN2CCc3c([nH]c4ccccc34)[C@H]2C1. The minimum absolute atomic E-state index is 0.330. The highest BCUT2D eigenvalue weighted by Crippen LogP contribution is 2.41. The van der Waals surface area contributed by atoms with Crippen LogP contribution in [-0.2, 0) is 6.42 Å². The van der Waals surface area contributed by atoms with Crippen LogP contribution in [0.2, 0.25) is 0 Å². The first-order chi connectivity index (χ1) is 9.86. The Morgan fingerprint density at radius 2 is 2.15 bits per heavy atom. The Hall–Kier alpha value is -1.32. The summed E-state index contributed by atoms with van der Waals surface area (Å²) in [5.74, 6) is 0.679. The van der Waals surface area contributed by atoms with Crippen LogP contribution in [0.4, 0.5) is 0 Å². The van der Waals surface area contributed by atoms with Gasteiger partial charge >= 0.3 is 0 Å². The summed E-state index contributed by atoms with van der Waals surface area (Å²) in [6, 6.07) is 9.22. The standard InChI is InChI=1S/C17H22N2O/c20-10-7-12-5-8-19-9-6-14-13-3-1-2-4-15(13)18-17(14)16(19)11-12/h1-4,12,16,18,20H,5-11H2/t12-,16-/m1/s1. The minimum atomic E-state index is 0.330. The van der Waals surface area contributed by atoms with Crippen molar-refractivity contribution in [2.45, 2.75) is 31.7 Å². The number of hydrogen-bond acceptors (Lipinski definition) is 2.